The molecule has 0 radical (unpaired) electrons. The van der Waals surface area contributed by atoms with Gasteiger partial charge in [0.2, 0.25) is 0 Å². The van der Waals surface area contributed by atoms with E-state index in [0.29, 0.717) is 21.9 Å². The Balaban J connectivity index is 1.49. The molecule has 1 aromatic carbocycles. The van der Waals surface area contributed by atoms with Crippen LogP contribution in [0.5, 0.6) is 5.75 Å². The number of sulfone groups is 1. The number of aromatic nitrogens is 2. The number of nitrogens with one attached hydrogen (secondary N) is 1. The molecule has 178 valence electrons. The minimum atomic E-state index is -3.67. The molecule has 0 atom stereocenters. The van der Waals surface area contributed by atoms with E-state index in [9.17, 15) is 18.6 Å². The molecule has 3 fully saturated rings. The molecule has 0 amide bonds. The van der Waals surface area contributed by atoms with E-state index in [1.807, 2.05) is 6.92 Å². The highest BCUT2D eigenvalue weighted by molar-refractivity contribution is 7.92. The second-order valence-corrected chi connectivity index (χ2v) is 12.1. The summed E-state index contributed by atoms with van der Waals surface area (Å²) in [5.41, 5.74) is 4.16. The van der Waals surface area contributed by atoms with Crippen molar-refractivity contribution < 1.29 is 23.4 Å². The molecule has 33 heavy (non-hydrogen) atoms. The van der Waals surface area contributed by atoms with Crippen LogP contribution in [0.1, 0.15) is 44.2 Å². The van der Waals surface area contributed by atoms with Crippen molar-refractivity contribution in [2.75, 3.05) is 12.5 Å². The Bertz CT molecular complexity index is 1180. The van der Waals surface area contributed by atoms with Crippen molar-refractivity contribution in [3.8, 4) is 17.0 Å². The summed E-state index contributed by atoms with van der Waals surface area (Å²) in [6.07, 6.45) is 5.36. The van der Waals surface area contributed by atoms with E-state index in [1.165, 1.54) is 7.11 Å². The molecule has 1 aromatic heterocycles. The Labute approximate surface area is 198 Å². The summed E-state index contributed by atoms with van der Waals surface area (Å²) in [6, 6.07) is 5.02. The van der Waals surface area contributed by atoms with Crippen LogP contribution < -0.4 is 10.2 Å². The van der Waals surface area contributed by atoms with E-state index in [0.717, 1.165) is 25.7 Å². The van der Waals surface area contributed by atoms with Crippen molar-refractivity contribution in [1.82, 2.24) is 9.66 Å². The molecule has 3 N–H and O–H groups in total. The highest BCUT2D eigenvalue weighted by atomic mass is 32.2. The summed E-state index contributed by atoms with van der Waals surface area (Å²) in [6.45, 7) is 1.84. The van der Waals surface area contributed by atoms with Gasteiger partial charge in [-0.15, -0.1) is 0 Å². The van der Waals surface area contributed by atoms with Crippen LogP contribution in [-0.2, 0) is 9.84 Å². The van der Waals surface area contributed by atoms with Gasteiger partial charge in [-0.1, -0.05) is 12.2 Å². The maximum Gasteiger partial charge on any atom is 0.185 e. The van der Waals surface area contributed by atoms with Crippen molar-refractivity contribution in [3.63, 3.8) is 0 Å². The Morgan fingerprint density at radius 3 is 2.42 bits per heavy atom. The molecule has 8 nitrogen and oxygen atoms in total. The molecular weight excluding hydrogens is 462 g/mol. The molecule has 5 rings (SSSR count). The van der Waals surface area contributed by atoms with Gasteiger partial charge in [-0.2, -0.15) is 0 Å². The van der Waals surface area contributed by atoms with Crippen LogP contribution in [0.3, 0.4) is 0 Å². The topological polar surface area (TPSA) is 114 Å². The van der Waals surface area contributed by atoms with Crippen LogP contribution in [-0.4, -0.2) is 57.3 Å². The quantitative estimate of drug-likeness (QED) is 0.483. The minimum Gasteiger partial charge on any atom is -0.495 e. The van der Waals surface area contributed by atoms with Gasteiger partial charge >= 0.3 is 0 Å². The summed E-state index contributed by atoms with van der Waals surface area (Å²) >= 11 is 5.67. The third kappa shape index (κ3) is 3.86. The molecule has 0 saturated heterocycles. The lowest BCUT2D eigenvalue weighted by Crippen LogP contribution is -2.48. The lowest BCUT2D eigenvalue weighted by Gasteiger charge is -2.31. The smallest absolute Gasteiger partial charge is 0.185 e. The van der Waals surface area contributed by atoms with Crippen LogP contribution in [0.15, 0.2) is 29.4 Å². The number of ether oxygens (including phenoxy) is 1. The predicted octanol–water partition coefficient (Wildman–Crippen LogP) is 2.59. The van der Waals surface area contributed by atoms with E-state index in [1.54, 1.807) is 29.2 Å². The van der Waals surface area contributed by atoms with Crippen LogP contribution in [0.2, 0.25) is 0 Å². The van der Waals surface area contributed by atoms with E-state index in [-0.39, 0.29) is 35.3 Å². The maximum absolute atomic E-state index is 13.2. The van der Waals surface area contributed by atoms with Gasteiger partial charge in [-0.25, -0.2) is 18.1 Å². The highest BCUT2D eigenvalue weighted by Crippen LogP contribution is 2.52. The number of imidazole rings is 1. The predicted molar refractivity (Wildman–Crippen MR) is 128 cm³/mol. The Hall–Kier alpha value is -2.01. The fourth-order valence-corrected chi connectivity index (χ4v) is 7.30. The first kappa shape index (κ1) is 22.8. The van der Waals surface area contributed by atoms with Gasteiger partial charge in [-0.05, 0) is 75.5 Å². The molecule has 1 heterocycles. The maximum atomic E-state index is 13.2. The molecule has 3 aliphatic carbocycles. The van der Waals surface area contributed by atoms with Crippen molar-refractivity contribution in [2.24, 2.45) is 11.8 Å². The Morgan fingerprint density at radius 1 is 1.24 bits per heavy atom. The van der Waals surface area contributed by atoms with Crippen molar-refractivity contribution in [3.05, 3.63) is 30.2 Å². The van der Waals surface area contributed by atoms with Gasteiger partial charge in [0, 0.05) is 5.56 Å². The van der Waals surface area contributed by atoms with Crippen LogP contribution in [0.25, 0.3) is 11.3 Å². The van der Waals surface area contributed by atoms with Gasteiger partial charge in [0.25, 0.3) is 0 Å². The van der Waals surface area contributed by atoms with Crippen molar-refractivity contribution >= 4 is 27.0 Å². The fourth-order valence-electron chi connectivity index (χ4n) is 4.84. The first-order valence-corrected chi connectivity index (χ1v) is 13.3. The van der Waals surface area contributed by atoms with Gasteiger partial charge in [0.1, 0.15) is 27.6 Å². The molecule has 2 aromatic rings. The standard InChI is InChI=1S/C23H29N3O5S2/c1-13-21(26(12-24-13)25-22(32)23(28,15-4-5-15)16-6-7-16)14-3-8-19(31-2)20(9-14)33(29,30)18-10-17(27)11-18/h3,8-9,12,15-18,27-28H,4-7,10-11H2,1-2H3,(H,25,32). The summed E-state index contributed by atoms with van der Waals surface area (Å²) in [5.74, 6) is 0.645. The van der Waals surface area contributed by atoms with Crippen molar-refractivity contribution in [1.29, 1.82) is 0 Å². The lowest BCUT2D eigenvalue weighted by molar-refractivity contribution is 0.0670. The van der Waals surface area contributed by atoms with Gasteiger partial charge in [0.15, 0.2) is 9.84 Å². The fraction of sp³-hybridized carbons (Fsp3) is 0.565. The number of hydrogen-bond donors (Lipinski definition) is 3. The minimum absolute atomic E-state index is 0.0987. The summed E-state index contributed by atoms with van der Waals surface area (Å²) in [4.78, 5) is 4.89. The number of rotatable bonds is 8. The molecule has 3 saturated carbocycles. The number of aryl methyl sites for hydroxylation is 1. The van der Waals surface area contributed by atoms with E-state index >= 15 is 0 Å². The van der Waals surface area contributed by atoms with E-state index in [4.69, 9.17) is 17.0 Å². The number of benzene rings is 1. The highest BCUT2D eigenvalue weighted by Gasteiger charge is 2.56. The average Bonchev–Trinajstić information content (AvgIpc) is 3.68. The van der Waals surface area contributed by atoms with Crippen LogP contribution in [0, 0.1) is 18.8 Å². The van der Waals surface area contributed by atoms with E-state index < -0.39 is 26.8 Å². The van der Waals surface area contributed by atoms with E-state index in [2.05, 4.69) is 10.4 Å². The molecule has 0 spiro atoms. The third-order valence-corrected chi connectivity index (χ3v) is 9.80. The second kappa shape index (κ2) is 8.04. The third-order valence-electron chi connectivity index (χ3n) is 7.19. The normalized spacial score (nSPS) is 23.2. The second-order valence-electron chi connectivity index (χ2n) is 9.52. The summed E-state index contributed by atoms with van der Waals surface area (Å²) in [7, 11) is -2.23. The zero-order valence-corrected chi connectivity index (χ0v) is 20.3. The lowest BCUT2D eigenvalue weighted by atomic mass is 9.92. The summed E-state index contributed by atoms with van der Waals surface area (Å²) < 4.78 is 33.5. The largest absolute Gasteiger partial charge is 0.495 e. The summed E-state index contributed by atoms with van der Waals surface area (Å²) in [5, 5.41) is 20.4. The Kier molecular flexibility index (Phi) is 5.55. The first-order chi connectivity index (χ1) is 15.7. The van der Waals surface area contributed by atoms with Gasteiger partial charge in [0.05, 0.1) is 29.9 Å². The SMILES string of the molecule is COc1ccc(-c2c(C)ncn2NC(=S)C(O)(C2CC2)C2CC2)cc1S(=O)(=O)C1CC(O)C1. The zero-order chi connectivity index (χ0) is 23.5. The molecule has 0 aliphatic heterocycles. The number of hydrogen-bond acceptors (Lipinski definition) is 7. The van der Waals surface area contributed by atoms with Crippen LogP contribution >= 0.6 is 12.2 Å². The number of aliphatic hydroxyl groups excluding tert-OH is 1. The molecule has 3 aliphatic rings. The van der Waals surface area contributed by atoms with Crippen LogP contribution in [0.4, 0.5) is 0 Å². The average molecular weight is 492 g/mol. The number of methoxy groups -OCH3 is 1. The molecule has 0 unspecified atom stereocenters. The zero-order valence-electron chi connectivity index (χ0n) is 18.7. The van der Waals surface area contributed by atoms with Gasteiger partial charge < -0.3 is 14.9 Å². The van der Waals surface area contributed by atoms with Gasteiger partial charge in [-0.3, -0.25) is 5.43 Å². The monoisotopic (exact) mass is 491 g/mol. The number of thiocarbonyl (C=S) groups is 1. The number of aliphatic hydroxyl groups is 2. The molecule has 10 heteroatoms. The Morgan fingerprint density at radius 2 is 1.88 bits per heavy atom. The first-order valence-electron chi connectivity index (χ1n) is 11.3. The van der Waals surface area contributed by atoms with Crippen molar-refractivity contribution in [2.45, 2.75) is 67.3 Å². The number of nitrogens with zero attached hydrogens (tertiary/aromatic N) is 2. The molecular formula is C23H29N3O5S2. The molecule has 0 bridgehead atoms.